The van der Waals surface area contributed by atoms with Gasteiger partial charge < -0.3 is 16.0 Å². The fourth-order valence-electron chi connectivity index (χ4n) is 2.88. The molecule has 1 aliphatic rings. The van der Waals surface area contributed by atoms with Crippen molar-refractivity contribution in [2.45, 2.75) is 65.7 Å². The monoisotopic (exact) mass is 310 g/mol. The van der Waals surface area contributed by atoms with Crippen molar-refractivity contribution in [3.8, 4) is 0 Å². The summed E-state index contributed by atoms with van der Waals surface area (Å²) in [5, 5.41) is 3.24. The predicted molar refractivity (Wildman–Crippen MR) is 97.3 cm³/mol. The van der Waals surface area contributed by atoms with Crippen LogP contribution in [-0.2, 0) is 0 Å². The number of aliphatic imine (C=N–C) groups is 1. The number of nitrogens with one attached hydrogen (secondary N) is 1. The largest absolute Gasteiger partial charge is 0.370 e. The van der Waals surface area contributed by atoms with Crippen LogP contribution in [0.25, 0.3) is 0 Å². The maximum absolute atomic E-state index is 5.94. The van der Waals surface area contributed by atoms with Gasteiger partial charge in [0.15, 0.2) is 5.96 Å². The smallest absolute Gasteiger partial charge is 0.188 e. The van der Waals surface area contributed by atoms with Crippen molar-refractivity contribution in [3.05, 3.63) is 0 Å². The summed E-state index contributed by atoms with van der Waals surface area (Å²) in [4.78, 5) is 7.14. The molecular formula is C18H38N4. The van der Waals surface area contributed by atoms with Crippen LogP contribution in [0.1, 0.15) is 65.7 Å². The van der Waals surface area contributed by atoms with Crippen molar-refractivity contribution in [1.29, 1.82) is 0 Å². The molecule has 0 amide bonds. The zero-order valence-corrected chi connectivity index (χ0v) is 15.1. The van der Waals surface area contributed by atoms with E-state index in [1.165, 1.54) is 64.6 Å². The van der Waals surface area contributed by atoms with Crippen molar-refractivity contribution >= 4 is 5.96 Å². The molecule has 3 N–H and O–H groups in total. The van der Waals surface area contributed by atoms with Crippen LogP contribution in [0.5, 0.6) is 0 Å². The van der Waals surface area contributed by atoms with Crippen molar-refractivity contribution in [1.82, 2.24) is 10.2 Å². The molecule has 1 aliphatic heterocycles. The van der Waals surface area contributed by atoms with Gasteiger partial charge in [0, 0.05) is 13.1 Å². The molecule has 0 atom stereocenters. The molecule has 0 bridgehead atoms. The lowest BCUT2D eigenvalue weighted by Crippen LogP contribution is -2.37. The van der Waals surface area contributed by atoms with E-state index >= 15 is 0 Å². The molecule has 4 heteroatoms. The Balaban J connectivity index is 2.08. The van der Waals surface area contributed by atoms with Crippen molar-refractivity contribution in [2.24, 2.45) is 22.6 Å². The minimum atomic E-state index is 0.638. The van der Waals surface area contributed by atoms with E-state index in [9.17, 15) is 0 Å². The van der Waals surface area contributed by atoms with E-state index in [1.54, 1.807) is 0 Å². The summed E-state index contributed by atoms with van der Waals surface area (Å²) in [6, 6.07) is 0. The molecule has 0 unspecified atom stereocenters. The van der Waals surface area contributed by atoms with Gasteiger partial charge in [-0.1, -0.05) is 40.0 Å². The van der Waals surface area contributed by atoms with Gasteiger partial charge in [0.25, 0.3) is 0 Å². The Labute approximate surface area is 137 Å². The zero-order chi connectivity index (χ0) is 16.2. The lowest BCUT2D eigenvalue weighted by Gasteiger charge is -2.31. The molecule has 1 heterocycles. The highest BCUT2D eigenvalue weighted by Gasteiger charge is 2.18. The number of hydrogen-bond donors (Lipinski definition) is 2. The topological polar surface area (TPSA) is 53.6 Å². The van der Waals surface area contributed by atoms with E-state index in [-0.39, 0.29) is 0 Å². The number of guanidine groups is 1. The Morgan fingerprint density at radius 2 is 1.95 bits per heavy atom. The molecule has 0 aromatic heterocycles. The Hall–Kier alpha value is -0.770. The summed E-state index contributed by atoms with van der Waals surface area (Å²) in [7, 11) is 0. The lowest BCUT2D eigenvalue weighted by molar-refractivity contribution is 0.180. The van der Waals surface area contributed by atoms with Crippen LogP contribution in [0, 0.1) is 11.8 Å². The Bertz CT molecular complexity index is 293. The third-order valence-corrected chi connectivity index (χ3v) is 4.59. The van der Waals surface area contributed by atoms with Gasteiger partial charge in [0.05, 0.1) is 0 Å². The molecule has 0 aliphatic carbocycles. The van der Waals surface area contributed by atoms with Crippen LogP contribution in [0.2, 0.25) is 0 Å². The molecular weight excluding hydrogens is 272 g/mol. The van der Waals surface area contributed by atoms with Gasteiger partial charge in [-0.25, -0.2) is 0 Å². The van der Waals surface area contributed by atoms with Crippen LogP contribution >= 0.6 is 0 Å². The molecule has 0 aromatic carbocycles. The van der Waals surface area contributed by atoms with E-state index in [0.29, 0.717) is 5.96 Å². The van der Waals surface area contributed by atoms with Crippen LogP contribution in [0.3, 0.4) is 0 Å². The van der Waals surface area contributed by atoms with Crippen molar-refractivity contribution in [2.75, 3.05) is 32.7 Å². The molecule has 0 aromatic rings. The van der Waals surface area contributed by atoms with Crippen LogP contribution in [-0.4, -0.2) is 43.6 Å². The molecule has 0 radical (unpaired) electrons. The molecule has 0 spiro atoms. The van der Waals surface area contributed by atoms with Gasteiger partial charge >= 0.3 is 0 Å². The predicted octanol–water partition coefficient (Wildman–Crippen LogP) is 3.23. The zero-order valence-electron chi connectivity index (χ0n) is 15.1. The second kappa shape index (κ2) is 11.8. The molecule has 0 saturated carbocycles. The van der Waals surface area contributed by atoms with Crippen molar-refractivity contribution in [3.63, 3.8) is 0 Å². The molecule has 1 saturated heterocycles. The molecule has 130 valence electrons. The quantitative estimate of drug-likeness (QED) is 0.370. The summed E-state index contributed by atoms with van der Waals surface area (Å²) in [6.07, 6.45) is 8.92. The molecule has 22 heavy (non-hydrogen) atoms. The fraction of sp³-hybridized carbons (Fsp3) is 0.944. The van der Waals surface area contributed by atoms with E-state index < -0.39 is 0 Å². The van der Waals surface area contributed by atoms with Gasteiger partial charge in [0.1, 0.15) is 0 Å². The van der Waals surface area contributed by atoms with Gasteiger partial charge in [0.2, 0.25) is 0 Å². The van der Waals surface area contributed by atoms with Gasteiger partial charge in [-0.3, -0.25) is 4.99 Å². The summed E-state index contributed by atoms with van der Waals surface area (Å²) < 4.78 is 0. The number of nitrogens with two attached hydrogens (primary N) is 1. The first kappa shape index (κ1) is 19.3. The minimum Gasteiger partial charge on any atom is -0.370 e. The number of unbranched alkanes of at least 4 members (excludes halogenated alkanes) is 3. The maximum atomic E-state index is 5.94. The second-order valence-electron chi connectivity index (χ2n) is 7.18. The Kier molecular flexibility index (Phi) is 10.3. The first-order chi connectivity index (χ1) is 10.6. The molecule has 4 nitrogen and oxygen atoms in total. The highest BCUT2D eigenvalue weighted by atomic mass is 15.1. The number of hydrogen-bond acceptors (Lipinski definition) is 2. The second-order valence-corrected chi connectivity index (χ2v) is 7.18. The van der Waals surface area contributed by atoms with E-state index in [4.69, 9.17) is 5.73 Å². The summed E-state index contributed by atoms with van der Waals surface area (Å²) in [6.45, 7) is 12.4. The minimum absolute atomic E-state index is 0.638. The fourth-order valence-corrected chi connectivity index (χ4v) is 2.88. The number of likely N-dealkylation sites (tertiary alicyclic amines) is 1. The maximum Gasteiger partial charge on any atom is 0.188 e. The van der Waals surface area contributed by atoms with E-state index in [2.05, 4.69) is 36.0 Å². The normalized spacial score (nSPS) is 18.1. The highest BCUT2D eigenvalue weighted by Crippen LogP contribution is 2.18. The van der Waals surface area contributed by atoms with Crippen LogP contribution in [0.4, 0.5) is 0 Å². The Morgan fingerprint density at radius 3 is 2.59 bits per heavy atom. The summed E-state index contributed by atoms with van der Waals surface area (Å²) in [5.74, 6) is 2.17. The summed E-state index contributed by atoms with van der Waals surface area (Å²) >= 11 is 0. The first-order valence-electron chi connectivity index (χ1n) is 9.38. The SMILES string of the molecule is CCCCCCNC(N)=NCC1CCN(CCC(C)C)CC1. The van der Waals surface area contributed by atoms with Gasteiger partial charge in [-0.2, -0.15) is 0 Å². The van der Waals surface area contributed by atoms with Crippen LogP contribution < -0.4 is 11.1 Å². The average Bonchev–Trinajstić information content (AvgIpc) is 2.51. The van der Waals surface area contributed by atoms with Crippen molar-refractivity contribution < 1.29 is 0 Å². The van der Waals surface area contributed by atoms with Gasteiger partial charge in [-0.05, 0) is 57.2 Å². The Morgan fingerprint density at radius 1 is 1.23 bits per heavy atom. The lowest BCUT2D eigenvalue weighted by atomic mass is 9.96. The summed E-state index contributed by atoms with van der Waals surface area (Å²) in [5.41, 5.74) is 5.94. The standard InChI is InChI=1S/C18H38N4/c1-4-5-6-7-11-20-18(19)21-15-17-9-13-22(14-10-17)12-8-16(2)3/h16-17H,4-15H2,1-3H3,(H3,19,20,21). The van der Waals surface area contributed by atoms with Crippen LogP contribution in [0.15, 0.2) is 4.99 Å². The van der Waals surface area contributed by atoms with E-state index in [1.807, 2.05) is 0 Å². The first-order valence-corrected chi connectivity index (χ1v) is 9.38. The number of piperidine rings is 1. The number of nitrogens with zero attached hydrogens (tertiary/aromatic N) is 2. The third kappa shape index (κ3) is 9.29. The van der Waals surface area contributed by atoms with Gasteiger partial charge in [-0.15, -0.1) is 0 Å². The number of rotatable bonds is 10. The molecule has 1 rings (SSSR count). The molecule has 1 fully saturated rings. The third-order valence-electron chi connectivity index (χ3n) is 4.59. The average molecular weight is 311 g/mol. The highest BCUT2D eigenvalue weighted by molar-refractivity contribution is 5.77. The van der Waals surface area contributed by atoms with E-state index in [0.717, 1.165) is 24.9 Å².